The molecule has 6 unspecified atom stereocenters. The highest BCUT2D eigenvalue weighted by atomic mass is 32.1. The first-order chi connectivity index (χ1) is 19.2. The van der Waals surface area contributed by atoms with Crippen LogP contribution < -0.4 is 10.6 Å². The zero-order valence-electron chi connectivity index (χ0n) is 23.6. The third-order valence-corrected chi connectivity index (χ3v) is 10.6. The van der Waals surface area contributed by atoms with Gasteiger partial charge in [-0.1, -0.05) is 70.9 Å². The Morgan fingerprint density at radius 3 is 2.60 bits per heavy atom. The Hall–Kier alpha value is -2.97. The van der Waals surface area contributed by atoms with Crippen LogP contribution in [0.2, 0.25) is 0 Å². The van der Waals surface area contributed by atoms with E-state index in [9.17, 15) is 14.4 Å². The standard InChI is InChI=1S/C32H39N3O4S/c1-18(2)21-10-12-22(13-11-21)33-29(36)26-25-14-15-32(39-25)27(26)31(38)35(17-23-8-6-16-40-23)28(32)30(37)34-24-9-5-7-19(3)20(24)4/h6,8,10-16,18-20,24-28H,5,7,9,17H2,1-4H3,(H,33,36)(H,34,37)/t19?,20?,24?,25-,26?,27-,28?,32?/m1/s1. The van der Waals surface area contributed by atoms with E-state index in [1.54, 1.807) is 16.2 Å². The maximum Gasteiger partial charge on any atom is 0.246 e. The van der Waals surface area contributed by atoms with Gasteiger partial charge in [-0.25, -0.2) is 0 Å². The second kappa shape index (κ2) is 10.5. The minimum Gasteiger partial charge on any atom is -0.359 e. The van der Waals surface area contributed by atoms with Gasteiger partial charge in [0.2, 0.25) is 17.7 Å². The quantitative estimate of drug-likeness (QED) is 0.461. The first-order valence-electron chi connectivity index (χ1n) is 14.6. The topological polar surface area (TPSA) is 87.7 Å². The van der Waals surface area contributed by atoms with Crippen molar-refractivity contribution in [1.29, 1.82) is 0 Å². The van der Waals surface area contributed by atoms with Crippen LogP contribution in [0.15, 0.2) is 53.9 Å². The maximum atomic E-state index is 14.2. The molecule has 1 aromatic heterocycles. The SMILES string of the molecule is CC(C)c1ccc(NC(=O)C2[C@H]3C=CC4(O3)C(C(=O)NC3CCCC(C)C3C)N(Cc3cccs3)C(=O)[C@@H]24)cc1. The van der Waals surface area contributed by atoms with E-state index < -0.39 is 29.6 Å². The summed E-state index contributed by atoms with van der Waals surface area (Å²) < 4.78 is 6.50. The second-order valence-corrected chi connectivity index (χ2v) is 13.4. The van der Waals surface area contributed by atoms with E-state index in [-0.39, 0.29) is 23.8 Å². The van der Waals surface area contributed by atoms with Gasteiger partial charge >= 0.3 is 0 Å². The highest BCUT2D eigenvalue weighted by Crippen LogP contribution is 2.55. The van der Waals surface area contributed by atoms with Crippen molar-refractivity contribution in [1.82, 2.24) is 10.2 Å². The van der Waals surface area contributed by atoms with E-state index in [2.05, 4.69) is 38.3 Å². The van der Waals surface area contributed by atoms with Crippen LogP contribution in [-0.4, -0.2) is 46.4 Å². The number of carbonyl (C=O) groups is 3. The number of likely N-dealkylation sites (tertiary alicyclic amines) is 1. The Morgan fingerprint density at radius 2 is 1.90 bits per heavy atom. The average molecular weight is 562 g/mol. The van der Waals surface area contributed by atoms with Gasteiger partial charge in [-0.05, 0) is 53.3 Å². The van der Waals surface area contributed by atoms with Crippen molar-refractivity contribution in [3.8, 4) is 0 Å². The predicted octanol–water partition coefficient (Wildman–Crippen LogP) is 5.10. The summed E-state index contributed by atoms with van der Waals surface area (Å²) in [6.07, 6.45) is 6.38. The number of fused-ring (bicyclic) bond motifs is 1. The third-order valence-electron chi connectivity index (χ3n) is 9.71. The van der Waals surface area contributed by atoms with Crippen LogP contribution in [0.1, 0.15) is 63.3 Å². The summed E-state index contributed by atoms with van der Waals surface area (Å²) in [5.41, 5.74) is 0.718. The van der Waals surface area contributed by atoms with Crippen LogP contribution in [0.25, 0.3) is 0 Å². The van der Waals surface area contributed by atoms with Gasteiger partial charge in [0.05, 0.1) is 24.5 Å². The van der Waals surface area contributed by atoms with Gasteiger partial charge in [0, 0.05) is 16.6 Å². The molecule has 4 heterocycles. The van der Waals surface area contributed by atoms with E-state index in [0.717, 1.165) is 24.1 Å². The van der Waals surface area contributed by atoms with Gasteiger partial charge in [-0.3, -0.25) is 14.4 Å². The minimum absolute atomic E-state index is 0.0564. The van der Waals surface area contributed by atoms with Gasteiger partial charge in [0.1, 0.15) is 11.6 Å². The van der Waals surface area contributed by atoms with E-state index >= 15 is 0 Å². The molecular weight excluding hydrogens is 522 g/mol. The van der Waals surface area contributed by atoms with Gasteiger partial charge in [-0.15, -0.1) is 11.3 Å². The summed E-state index contributed by atoms with van der Waals surface area (Å²) in [6.45, 7) is 9.01. The molecule has 212 valence electrons. The number of nitrogens with one attached hydrogen (secondary N) is 2. The number of rotatable bonds is 7. The third kappa shape index (κ3) is 4.49. The molecule has 2 bridgehead atoms. The molecule has 4 aliphatic rings. The molecule has 1 saturated carbocycles. The monoisotopic (exact) mass is 561 g/mol. The lowest BCUT2D eigenvalue weighted by atomic mass is 9.73. The van der Waals surface area contributed by atoms with Gasteiger partial charge in [0.25, 0.3) is 0 Å². The summed E-state index contributed by atoms with van der Waals surface area (Å²) >= 11 is 1.56. The zero-order valence-corrected chi connectivity index (χ0v) is 24.4. The van der Waals surface area contributed by atoms with Crippen LogP contribution in [0.4, 0.5) is 5.69 Å². The summed E-state index contributed by atoms with van der Waals surface area (Å²) in [7, 11) is 0. The number of ether oxygens (including phenoxy) is 1. The van der Waals surface area contributed by atoms with Crippen LogP contribution in [-0.2, 0) is 25.7 Å². The molecule has 3 aliphatic heterocycles. The summed E-state index contributed by atoms with van der Waals surface area (Å²) in [5.74, 6) is -0.824. The van der Waals surface area contributed by atoms with Gasteiger partial charge in [-0.2, -0.15) is 0 Å². The smallest absolute Gasteiger partial charge is 0.246 e. The predicted molar refractivity (Wildman–Crippen MR) is 156 cm³/mol. The fourth-order valence-corrected chi connectivity index (χ4v) is 7.94. The fourth-order valence-electron chi connectivity index (χ4n) is 7.23. The first-order valence-corrected chi connectivity index (χ1v) is 15.5. The average Bonchev–Trinajstić information content (AvgIpc) is 3.70. The molecule has 3 fully saturated rings. The molecule has 1 aromatic carbocycles. The lowest BCUT2D eigenvalue weighted by Gasteiger charge is -2.38. The van der Waals surface area contributed by atoms with Crippen molar-refractivity contribution in [2.75, 3.05) is 5.32 Å². The van der Waals surface area contributed by atoms with Crippen molar-refractivity contribution in [3.05, 3.63) is 64.4 Å². The molecule has 3 amide bonds. The molecule has 2 aromatic rings. The van der Waals surface area contributed by atoms with Gasteiger partial charge in [0.15, 0.2) is 0 Å². The second-order valence-electron chi connectivity index (χ2n) is 12.4. The molecule has 7 nitrogen and oxygen atoms in total. The molecule has 8 heteroatoms. The molecule has 1 spiro atoms. The molecule has 1 aliphatic carbocycles. The maximum absolute atomic E-state index is 14.2. The Balaban J connectivity index is 1.29. The summed E-state index contributed by atoms with van der Waals surface area (Å²) in [6, 6.07) is 11.0. The zero-order chi connectivity index (χ0) is 28.2. The largest absolute Gasteiger partial charge is 0.359 e. The summed E-state index contributed by atoms with van der Waals surface area (Å²) in [4.78, 5) is 44.6. The van der Waals surface area contributed by atoms with Crippen molar-refractivity contribution >= 4 is 34.7 Å². The van der Waals surface area contributed by atoms with Crippen molar-refractivity contribution in [3.63, 3.8) is 0 Å². The summed E-state index contributed by atoms with van der Waals surface area (Å²) in [5, 5.41) is 8.31. The van der Waals surface area contributed by atoms with E-state index in [1.807, 2.05) is 53.9 Å². The van der Waals surface area contributed by atoms with Crippen LogP contribution in [0.5, 0.6) is 0 Å². The Kier molecular flexibility index (Phi) is 7.11. The number of thiophene rings is 1. The molecule has 8 atom stereocenters. The number of hydrogen-bond acceptors (Lipinski definition) is 5. The van der Waals surface area contributed by atoms with E-state index in [0.29, 0.717) is 30.0 Å². The van der Waals surface area contributed by atoms with Crippen LogP contribution in [0.3, 0.4) is 0 Å². The number of hydrogen-bond donors (Lipinski definition) is 2. The highest BCUT2D eigenvalue weighted by Gasteiger charge is 2.72. The number of amides is 3. The lowest BCUT2D eigenvalue weighted by molar-refractivity contribution is -0.142. The Bertz CT molecular complexity index is 1310. The Labute approximate surface area is 240 Å². The van der Waals surface area contributed by atoms with Crippen LogP contribution >= 0.6 is 11.3 Å². The molecule has 2 saturated heterocycles. The normalized spacial score (nSPS) is 34.4. The van der Waals surface area contributed by atoms with Crippen molar-refractivity contribution < 1.29 is 19.1 Å². The molecule has 6 rings (SSSR count). The number of anilines is 1. The van der Waals surface area contributed by atoms with Crippen molar-refractivity contribution in [2.24, 2.45) is 23.7 Å². The Morgan fingerprint density at radius 1 is 1.12 bits per heavy atom. The number of nitrogens with zero attached hydrogens (tertiary/aromatic N) is 1. The van der Waals surface area contributed by atoms with Crippen LogP contribution in [0, 0.1) is 23.7 Å². The molecular formula is C32H39N3O4S. The molecule has 2 N–H and O–H groups in total. The van der Waals surface area contributed by atoms with Gasteiger partial charge < -0.3 is 20.3 Å². The minimum atomic E-state index is -1.16. The first kappa shape index (κ1) is 27.2. The number of carbonyl (C=O) groups excluding carboxylic acids is 3. The molecule has 40 heavy (non-hydrogen) atoms. The lowest BCUT2D eigenvalue weighted by Crippen LogP contribution is -2.57. The highest BCUT2D eigenvalue weighted by molar-refractivity contribution is 7.09. The van der Waals surface area contributed by atoms with Crippen molar-refractivity contribution in [2.45, 2.75) is 83.2 Å². The van der Waals surface area contributed by atoms with E-state index in [4.69, 9.17) is 4.74 Å². The molecule has 0 radical (unpaired) electrons. The fraction of sp³-hybridized carbons (Fsp3) is 0.531. The van der Waals surface area contributed by atoms with E-state index in [1.165, 1.54) is 5.56 Å². The number of benzene rings is 1.